The molecule has 1 aromatic rings. The molecule has 0 saturated carbocycles. The number of nitro groups is 1. The number of methoxy groups -OCH3 is 1. The molecular weight excluding hydrogens is 275 g/mol. The van der Waals surface area contributed by atoms with Crippen molar-refractivity contribution in [2.24, 2.45) is 0 Å². The highest BCUT2D eigenvalue weighted by atomic mass is 19.1. The molecule has 0 aliphatic carbocycles. The van der Waals surface area contributed by atoms with Crippen LogP contribution in [0.4, 0.5) is 15.8 Å². The van der Waals surface area contributed by atoms with Crippen molar-refractivity contribution in [1.82, 2.24) is 0 Å². The third-order valence-corrected chi connectivity index (χ3v) is 2.77. The second kappa shape index (κ2) is 6.46. The average molecular weight is 290 g/mol. The Morgan fingerprint density at radius 2 is 1.90 bits per heavy atom. The molecule has 0 aromatic heterocycles. The van der Waals surface area contributed by atoms with Crippen LogP contribution in [-0.4, -0.2) is 52.7 Å². The van der Waals surface area contributed by atoms with E-state index in [1.807, 2.05) is 0 Å². The van der Waals surface area contributed by atoms with E-state index in [0.29, 0.717) is 6.07 Å². The standard InChI is InChI=1S/C11H15FN2O6/c1-20-10-3-8(7(12)2-9(10)14(18)19)13-11(4-15,5-16)6-17/h2-3,13,15-17H,4-6H2,1H3. The van der Waals surface area contributed by atoms with Gasteiger partial charge >= 0.3 is 5.69 Å². The summed E-state index contributed by atoms with van der Waals surface area (Å²) >= 11 is 0. The molecule has 0 fully saturated rings. The number of aliphatic hydroxyl groups excluding tert-OH is 3. The van der Waals surface area contributed by atoms with Crippen LogP contribution in [0.15, 0.2) is 12.1 Å². The summed E-state index contributed by atoms with van der Waals surface area (Å²) in [5.41, 5.74) is -2.36. The van der Waals surface area contributed by atoms with Crippen molar-refractivity contribution in [3.05, 3.63) is 28.1 Å². The van der Waals surface area contributed by atoms with Gasteiger partial charge in [-0.25, -0.2) is 4.39 Å². The Labute approximate surface area is 113 Å². The van der Waals surface area contributed by atoms with E-state index < -0.39 is 41.8 Å². The highest BCUT2D eigenvalue weighted by Gasteiger charge is 2.30. The fourth-order valence-electron chi connectivity index (χ4n) is 1.50. The Hall–Kier alpha value is -1.97. The smallest absolute Gasteiger partial charge is 0.313 e. The topological polar surface area (TPSA) is 125 Å². The lowest BCUT2D eigenvalue weighted by Gasteiger charge is -2.30. The van der Waals surface area contributed by atoms with E-state index >= 15 is 0 Å². The molecule has 0 saturated heterocycles. The molecule has 0 bridgehead atoms. The van der Waals surface area contributed by atoms with Gasteiger partial charge < -0.3 is 25.4 Å². The summed E-state index contributed by atoms with van der Waals surface area (Å²) in [6, 6.07) is 1.67. The Morgan fingerprint density at radius 1 is 1.35 bits per heavy atom. The highest BCUT2D eigenvalue weighted by Crippen LogP contribution is 2.33. The van der Waals surface area contributed by atoms with Gasteiger partial charge in [0.15, 0.2) is 11.6 Å². The van der Waals surface area contributed by atoms with E-state index in [9.17, 15) is 14.5 Å². The quantitative estimate of drug-likeness (QED) is 0.407. The molecule has 0 heterocycles. The minimum atomic E-state index is -1.55. The molecule has 0 aliphatic heterocycles. The first kappa shape index (κ1) is 16.1. The molecule has 8 nitrogen and oxygen atoms in total. The van der Waals surface area contributed by atoms with Crippen LogP contribution in [0.5, 0.6) is 5.75 Å². The van der Waals surface area contributed by atoms with E-state index in [1.54, 1.807) is 0 Å². The number of hydrogen-bond donors (Lipinski definition) is 4. The summed E-state index contributed by atoms with van der Waals surface area (Å²) in [5, 5.41) is 40.6. The first-order valence-electron chi connectivity index (χ1n) is 5.55. The van der Waals surface area contributed by atoms with Gasteiger partial charge in [0.2, 0.25) is 0 Å². The fourth-order valence-corrected chi connectivity index (χ4v) is 1.50. The van der Waals surface area contributed by atoms with Crippen LogP contribution >= 0.6 is 0 Å². The van der Waals surface area contributed by atoms with Crippen LogP contribution in [-0.2, 0) is 0 Å². The second-order valence-electron chi connectivity index (χ2n) is 4.14. The minimum Gasteiger partial charge on any atom is -0.490 e. The zero-order valence-corrected chi connectivity index (χ0v) is 10.7. The zero-order chi connectivity index (χ0) is 15.3. The largest absolute Gasteiger partial charge is 0.490 e. The van der Waals surface area contributed by atoms with Crippen LogP contribution in [0, 0.1) is 15.9 Å². The van der Waals surface area contributed by atoms with E-state index in [1.165, 1.54) is 7.11 Å². The van der Waals surface area contributed by atoms with Crippen molar-refractivity contribution in [3.8, 4) is 5.75 Å². The van der Waals surface area contributed by atoms with Crippen LogP contribution in [0.1, 0.15) is 0 Å². The normalized spacial score (nSPS) is 11.2. The molecule has 0 spiro atoms. The van der Waals surface area contributed by atoms with Crippen molar-refractivity contribution in [2.45, 2.75) is 5.54 Å². The van der Waals surface area contributed by atoms with E-state index in [4.69, 9.17) is 20.1 Å². The molecule has 112 valence electrons. The van der Waals surface area contributed by atoms with E-state index in [2.05, 4.69) is 5.32 Å². The number of anilines is 1. The van der Waals surface area contributed by atoms with Gasteiger partial charge in [0.05, 0.1) is 43.6 Å². The van der Waals surface area contributed by atoms with Crippen molar-refractivity contribution in [3.63, 3.8) is 0 Å². The van der Waals surface area contributed by atoms with E-state index in [0.717, 1.165) is 6.07 Å². The Bertz CT molecular complexity index is 484. The number of nitro benzene ring substituents is 1. The highest BCUT2D eigenvalue weighted by molar-refractivity contribution is 5.60. The van der Waals surface area contributed by atoms with Gasteiger partial charge in [-0.1, -0.05) is 0 Å². The lowest BCUT2D eigenvalue weighted by molar-refractivity contribution is -0.385. The molecule has 0 radical (unpaired) electrons. The Kier molecular flexibility index (Phi) is 5.19. The number of nitrogens with zero attached hydrogens (tertiary/aromatic N) is 1. The lowest BCUT2D eigenvalue weighted by Crippen LogP contribution is -2.49. The van der Waals surface area contributed by atoms with Gasteiger partial charge in [0.1, 0.15) is 5.54 Å². The summed E-state index contributed by atoms with van der Waals surface area (Å²) in [4.78, 5) is 9.91. The van der Waals surface area contributed by atoms with Crippen molar-refractivity contribution in [1.29, 1.82) is 0 Å². The number of ether oxygens (including phenoxy) is 1. The summed E-state index contributed by atoms with van der Waals surface area (Å²) in [5.74, 6) is -1.17. The average Bonchev–Trinajstić information content (AvgIpc) is 2.46. The molecule has 4 N–H and O–H groups in total. The SMILES string of the molecule is COc1cc(NC(CO)(CO)CO)c(F)cc1[N+](=O)[O-]. The van der Waals surface area contributed by atoms with Crippen LogP contribution < -0.4 is 10.1 Å². The predicted molar refractivity (Wildman–Crippen MR) is 67.2 cm³/mol. The summed E-state index contributed by atoms with van der Waals surface area (Å²) in [7, 11) is 1.18. The first-order valence-corrected chi connectivity index (χ1v) is 5.55. The molecule has 0 amide bonds. The number of benzene rings is 1. The zero-order valence-electron chi connectivity index (χ0n) is 10.7. The molecule has 0 unspecified atom stereocenters. The van der Waals surface area contributed by atoms with Gasteiger partial charge in [-0.3, -0.25) is 10.1 Å². The van der Waals surface area contributed by atoms with Gasteiger partial charge in [-0.2, -0.15) is 0 Å². The van der Waals surface area contributed by atoms with Crippen LogP contribution in [0.3, 0.4) is 0 Å². The molecule has 0 aliphatic rings. The Balaban J connectivity index is 3.23. The second-order valence-corrected chi connectivity index (χ2v) is 4.14. The van der Waals surface area contributed by atoms with Gasteiger partial charge in [0, 0.05) is 6.07 Å². The number of aliphatic hydroxyl groups is 3. The molecule has 1 aromatic carbocycles. The summed E-state index contributed by atoms with van der Waals surface area (Å²) in [6.07, 6.45) is 0. The first-order chi connectivity index (χ1) is 9.42. The number of halogens is 1. The van der Waals surface area contributed by atoms with Crippen molar-refractivity contribution in [2.75, 3.05) is 32.2 Å². The van der Waals surface area contributed by atoms with Crippen molar-refractivity contribution >= 4 is 11.4 Å². The third kappa shape index (κ3) is 3.13. The number of nitrogens with one attached hydrogen (secondary N) is 1. The monoisotopic (exact) mass is 290 g/mol. The molecule has 20 heavy (non-hydrogen) atoms. The number of rotatable bonds is 7. The van der Waals surface area contributed by atoms with Gasteiger partial charge in [0.25, 0.3) is 0 Å². The Morgan fingerprint density at radius 3 is 2.30 bits per heavy atom. The fraction of sp³-hybridized carbons (Fsp3) is 0.455. The van der Waals surface area contributed by atoms with Crippen LogP contribution in [0.2, 0.25) is 0 Å². The third-order valence-electron chi connectivity index (χ3n) is 2.77. The van der Waals surface area contributed by atoms with Crippen molar-refractivity contribution < 1.29 is 29.4 Å². The lowest BCUT2D eigenvalue weighted by atomic mass is 10.0. The predicted octanol–water partition coefficient (Wildman–Crippen LogP) is -0.130. The molecular formula is C11H15FN2O6. The van der Waals surface area contributed by atoms with Crippen LogP contribution in [0.25, 0.3) is 0 Å². The minimum absolute atomic E-state index is 0.193. The molecule has 1 rings (SSSR count). The summed E-state index contributed by atoms with van der Waals surface area (Å²) < 4.78 is 18.6. The maximum absolute atomic E-state index is 13.8. The van der Waals surface area contributed by atoms with Gasteiger partial charge in [-0.05, 0) is 0 Å². The maximum atomic E-state index is 13.8. The molecule has 0 atom stereocenters. The summed E-state index contributed by atoms with van der Waals surface area (Å²) in [6.45, 7) is -2.00. The maximum Gasteiger partial charge on any atom is 0.313 e. The number of hydrogen-bond acceptors (Lipinski definition) is 7. The molecule has 9 heteroatoms. The van der Waals surface area contributed by atoms with Gasteiger partial charge in [-0.15, -0.1) is 0 Å². The van der Waals surface area contributed by atoms with E-state index in [-0.39, 0.29) is 11.4 Å².